The minimum Gasteiger partial charge on any atom is -0.390 e. The molecule has 0 aromatic rings. The molecule has 0 saturated carbocycles. The maximum absolute atomic E-state index is 11.2. The molecule has 0 bridgehead atoms. The second kappa shape index (κ2) is 88.3. The molecule has 0 saturated heterocycles. The van der Waals surface area contributed by atoms with Gasteiger partial charge in [0.1, 0.15) is 0 Å². The van der Waals surface area contributed by atoms with Gasteiger partial charge in [-0.05, 0) is 77.0 Å². The maximum atomic E-state index is 11.2. The summed E-state index contributed by atoms with van der Waals surface area (Å²) in [4.78, 5) is 0. The predicted molar refractivity (Wildman–Crippen MR) is 463 cm³/mol. The van der Waals surface area contributed by atoms with Crippen molar-refractivity contribution in [3.63, 3.8) is 0 Å². The fourth-order valence-electron chi connectivity index (χ4n) is 15.7. The Bertz CT molecular complexity index is 1280. The first-order valence-electron chi connectivity index (χ1n) is 48.0. The van der Waals surface area contributed by atoms with Crippen molar-refractivity contribution in [3.8, 4) is 0 Å². The van der Waals surface area contributed by atoms with Crippen LogP contribution in [0.25, 0.3) is 0 Å². The zero-order valence-corrected chi connectivity index (χ0v) is 75.7. The van der Waals surface area contributed by atoms with Crippen molar-refractivity contribution in [1.82, 2.24) is 0 Å². The van der Waals surface area contributed by atoms with E-state index in [0.717, 1.165) is 154 Å². The Morgan fingerprint density at radius 2 is 0.229 bits per heavy atom. The van der Waals surface area contributed by atoms with Crippen LogP contribution in [0.5, 0.6) is 0 Å². The third kappa shape index (κ3) is 75.5. The van der Waals surface area contributed by atoms with E-state index in [0.29, 0.717) is 0 Å². The van der Waals surface area contributed by atoms with Crippen LogP contribution in [0.3, 0.4) is 0 Å². The minimum atomic E-state index is -0.846. The molecule has 4 atom stereocenters. The summed E-state index contributed by atoms with van der Waals surface area (Å²) in [7, 11) is 0. The normalized spacial score (nSPS) is 13.1. The number of hydrogen-bond acceptors (Lipinski definition) is 8. The third-order valence-electron chi connectivity index (χ3n) is 23.5. The van der Waals surface area contributed by atoms with Gasteiger partial charge in [-0.25, -0.2) is 0 Å². The summed E-state index contributed by atoms with van der Waals surface area (Å²) in [5.41, 5.74) is -3.38. The molecule has 0 aliphatic rings. The van der Waals surface area contributed by atoms with Crippen LogP contribution in [0.1, 0.15) is 571 Å². The average molecular weight is 1530 g/mol. The predicted octanol–water partition coefficient (Wildman–Crippen LogP) is 30.2. The number of rotatable bonds is 80. The molecule has 105 heavy (non-hydrogen) atoms. The van der Waals surface area contributed by atoms with Crippen LogP contribution in [0.4, 0.5) is 0 Å². The second-order valence-corrected chi connectivity index (χ2v) is 34.0. The molecule has 4 unspecified atom stereocenters. The van der Waals surface area contributed by atoms with Crippen LogP contribution >= 0.6 is 0 Å². The molecule has 0 aliphatic heterocycles. The van der Waals surface area contributed by atoms with Gasteiger partial charge in [-0.1, -0.05) is 494 Å². The number of aliphatic hydroxyl groups excluding tert-OH is 4. The van der Waals surface area contributed by atoms with Gasteiger partial charge in [0, 0.05) is 21.7 Å². The van der Waals surface area contributed by atoms with Crippen molar-refractivity contribution in [2.24, 2.45) is 0 Å². The molecule has 0 heterocycles. The Morgan fingerprint density at radius 3 is 0.333 bits per heavy atom. The first-order chi connectivity index (χ1) is 50.4. The Morgan fingerprint density at radius 1 is 0.143 bits per heavy atom. The first-order valence-corrected chi connectivity index (χ1v) is 48.0. The number of unbranched alkanes of at least 4 members (excludes halogenated alkanes) is 52. The van der Waals surface area contributed by atoms with Gasteiger partial charge in [0.25, 0.3) is 0 Å². The van der Waals surface area contributed by atoms with E-state index in [2.05, 4.69) is 83.1 Å². The quantitative estimate of drug-likeness (QED) is 0.0221. The van der Waals surface area contributed by atoms with Crippen LogP contribution in [0, 0.1) is 0 Å². The van der Waals surface area contributed by atoms with Crippen molar-refractivity contribution < 1.29 is 62.6 Å². The van der Waals surface area contributed by atoms with Crippen molar-refractivity contribution >= 4 is 0 Å². The molecule has 0 radical (unpaired) electrons. The molecule has 0 aromatic carbocycles. The van der Waals surface area contributed by atoms with E-state index in [1.165, 1.54) is 334 Å². The SMILES string of the molecule is CCCCCCCCC(O)(CCCCCCCC)C(O)CCCCCC.CCCCCCCCC(O)(CCCCCCCC)C(O)CCCCCC.CCCCCCCCC(O)(CCCCCCCC)C(O)CCCCCC.CCCCCCCCC(O)(CCCCCCCC)C(O)CCCCCC.[Ti]. The first kappa shape index (κ1) is 114. The summed E-state index contributed by atoms with van der Waals surface area (Å²) in [6.07, 6.45) is 85.4. The van der Waals surface area contributed by atoms with Crippen LogP contribution in [0.15, 0.2) is 0 Å². The van der Waals surface area contributed by atoms with Crippen LogP contribution in [-0.2, 0) is 21.7 Å². The molecule has 636 valence electrons. The molecule has 0 rings (SSSR count). The summed E-state index contributed by atoms with van der Waals surface area (Å²) in [6.45, 7) is 26.8. The van der Waals surface area contributed by atoms with Gasteiger partial charge in [-0.15, -0.1) is 0 Å². The zero-order valence-electron chi connectivity index (χ0n) is 74.1. The Kier molecular flexibility index (Phi) is 95.9. The maximum Gasteiger partial charge on any atom is 0.0905 e. The fraction of sp³-hybridized carbons (Fsp3) is 1.00. The van der Waals surface area contributed by atoms with E-state index in [9.17, 15) is 40.9 Å². The summed E-state index contributed by atoms with van der Waals surface area (Å²) < 4.78 is 0. The van der Waals surface area contributed by atoms with E-state index in [-0.39, 0.29) is 21.7 Å². The Hall–Kier alpha value is 0.394. The van der Waals surface area contributed by atoms with Crippen LogP contribution < -0.4 is 0 Å². The molecule has 8 N–H and O–H groups in total. The molecular weight excluding hydrogens is 1330 g/mol. The van der Waals surface area contributed by atoms with Crippen molar-refractivity contribution in [1.29, 1.82) is 0 Å². The molecule has 0 fully saturated rings. The van der Waals surface area contributed by atoms with E-state index in [1.807, 2.05) is 0 Å². The zero-order chi connectivity index (χ0) is 78.0. The van der Waals surface area contributed by atoms with Gasteiger partial charge in [0.2, 0.25) is 0 Å². The summed E-state index contributed by atoms with van der Waals surface area (Å²) >= 11 is 0. The third-order valence-corrected chi connectivity index (χ3v) is 23.5. The summed E-state index contributed by atoms with van der Waals surface area (Å²) in [5, 5.41) is 87.6. The molecule has 9 heteroatoms. The Labute approximate surface area is 676 Å². The van der Waals surface area contributed by atoms with Gasteiger partial charge in [0.15, 0.2) is 0 Å². The number of hydrogen-bond donors (Lipinski definition) is 8. The summed E-state index contributed by atoms with van der Waals surface area (Å²) in [5.74, 6) is 0. The van der Waals surface area contributed by atoms with Gasteiger partial charge in [-0.3, -0.25) is 0 Å². The average Bonchev–Trinajstić information content (AvgIpc) is 0.889. The van der Waals surface area contributed by atoms with E-state index >= 15 is 0 Å². The van der Waals surface area contributed by atoms with E-state index in [1.54, 1.807) is 0 Å². The van der Waals surface area contributed by atoms with Gasteiger partial charge >= 0.3 is 0 Å². The molecule has 0 aromatic heterocycles. The number of aliphatic hydroxyl groups is 8. The van der Waals surface area contributed by atoms with Crippen molar-refractivity contribution in [2.45, 2.75) is 618 Å². The van der Waals surface area contributed by atoms with Crippen molar-refractivity contribution in [3.05, 3.63) is 0 Å². The minimum absolute atomic E-state index is 0. The Balaban J connectivity index is -0.000000422. The van der Waals surface area contributed by atoms with Gasteiger partial charge < -0.3 is 40.9 Å². The molecular formula is C96H200O8Ti. The van der Waals surface area contributed by atoms with Crippen LogP contribution in [-0.4, -0.2) is 87.7 Å². The van der Waals surface area contributed by atoms with Crippen molar-refractivity contribution in [2.75, 3.05) is 0 Å². The van der Waals surface area contributed by atoms with Gasteiger partial charge in [-0.2, -0.15) is 0 Å². The summed E-state index contributed by atoms with van der Waals surface area (Å²) in [6, 6.07) is 0. The second-order valence-electron chi connectivity index (χ2n) is 34.0. The molecule has 0 amide bonds. The topological polar surface area (TPSA) is 162 Å². The largest absolute Gasteiger partial charge is 0.390 e. The standard InChI is InChI=1S/4C24H50O2.Ti/c4*1-4-7-10-13-15-18-21-24(26,22-19-16-14-11-8-5-2)23(25)20-17-12-9-6-3;/h4*23,25-26H,4-22H2,1-3H3;. The van der Waals surface area contributed by atoms with Crippen LogP contribution in [0.2, 0.25) is 0 Å². The molecule has 8 nitrogen and oxygen atoms in total. The van der Waals surface area contributed by atoms with Gasteiger partial charge in [0.05, 0.1) is 46.8 Å². The molecule has 0 aliphatic carbocycles. The molecule has 0 spiro atoms. The monoisotopic (exact) mass is 1530 g/mol. The van der Waals surface area contributed by atoms with E-state index < -0.39 is 46.8 Å². The smallest absolute Gasteiger partial charge is 0.0905 e. The van der Waals surface area contributed by atoms with E-state index in [4.69, 9.17) is 0 Å². The fourth-order valence-corrected chi connectivity index (χ4v) is 15.7.